The van der Waals surface area contributed by atoms with E-state index in [1.807, 2.05) is 43.3 Å². The van der Waals surface area contributed by atoms with Gasteiger partial charge in [0, 0.05) is 32.8 Å². The Morgan fingerprint density at radius 2 is 1.76 bits per heavy atom. The number of Topliss-reactive ketones (excluding diaryl/α,β-unsaturated/α-hetero) is 1. The number of carbonyl (C=O) groups is 1. The minimum atomic E-state index is -0.887. The van der Waals surface area contributed by atoms with Crippen LogP contribution in [0.4, 0.5) is 14.6 Å². The van der Waals surface area contributed by atoms with E-state index in [9.17, 15) is 13.6 Å². The van der Waals surface area contributed by atoms with Gasteiger partial charge < -0.3 is 9.47 Å². The largest absolute Gasteiger partial charge is 0.364 e. The smallest absolute Gasteiger partial charge is 0.166 e. The maximum absolute atomic E-state index is 13.6. The standard InChI is InChI=1S/C28H32F2N2O/c1-4-5-6-10-13-23-19-24(27(33)17-15-21-14-16-25(29)26(30)18-21)28(31(2)3)32(23)20-22-11-8-7-9-12-22/h7-14,16,18-19H,4-6,15,17,20H2,1-3H3/b13-10+. The Labute approximate surface area is 195 Å². The average Bonchev–Trinajstić information content (AvgIpc) is 3.16. The summed E-state index contributed by atoms with van der Waals surface area (Å²) in [5.74, 6) is -0.928. The van der Waals surface area contributed by atoms with Crippen molar-refractivity contribution in [1.29, 1.82) is 0 Å². The van der Waals surface area contributed by atoms with Crippen molar-refractivity contribution in [3.8, 4) is 0 Å². The fourth-order valence-corrected chi connectivity index (χ4v) is 3.93. The van der Waals surface area contributed by atoms with E-state index in [4.69, 9.17) is 0 Å². The molecule has 2 aromatic carbocycles. The summed E-state index contributed by atoms with van der Waals surface area (Å²) in [5.41, 5.74) is 3.39. The number of allylic oxidation sites excluding steroid dienone is 1. The lowest BCUT2D eigenvalue weighted by Gasteiger charge is -2.20. The van der Waals surface area contributed by atoms with Crippen LogP contribution in [0.25, 0.3) is 6.08 Å². The van der Waals surface area contributed by atoms with Crippen molar-refractivity contribution in [3.63, 3.8) is 0 Å². The molecule has 33 heavy (non-hydrogen) atoms. The first-order valence-corrected chi connectivity index (χ1v) is 11.5. The highest BCUT2D eigenvalue weighted by molar-refractivity contribution is 6.01. The molecule has 1 aromatic heterocycles. The Bertz CT molecular complexity index is 1100. The molecule has 0 spiro atoms. The van der Waals surface area contributed by atoms with Gasteiger partial charge in [0.25, 0.3) is 0 Å². The minimum absolute atomic E-state index is 0.0153. The molecule has 0 unspecified atom stereocenters. The summed E-state index contributed by atoms with van der Waals surface area (Å²) < 4.78 is 28.9. The molecular formula is C28H32F2N2O. The molecule has 3 rings (SSSR count). The molecule has 3 nitrogen and oxygen atoms in total. The van der Waals surface area contributed by atoms with E-state index in [2.05, 4.69) is 35.8 Å². The average molecular weight is 451 g/mol. The summed E-state index contributed by atoms with van der Waals surface area (Å²) in [4.78, 5) is 15.2. The highest BCUT2D eigenvalue weighted by Crippen LogP contribution is 2.28. The molecule has 0 aliphatic rings. The Balaban J connectivity index is 1.92. The van der Waals surface area contributed by atoms with Gasteiger partial charge in [0.2, 0.25) is 0 Å². The number of nitrogens with zero attached hydrogens (tertiary/aromatic N) is 2. The van der Waals surface area contributed by atoms with Crippen molar-refractivity contribution in [2.24, 2.45) is 0 Å². The van der Waals surface area contributed by atoms with Gasteiger partial charge in [-0.05, 0) is 48.2 Å². The maximum atomic E-state index is 13.6. The molecule has 0 atom stereocenters. The fourth-order valence-electron chi connectivity index (χ4n) is 3.93. The molecule has 0 aliphatic heterocycles. The van der Waals surface area contributed by atoms with Crippen LogP contribution in [-0.2, 0) is 13.0 Å². The topological polar surface area (TPSA) is 25.2 Å². The molecule has 0 bridgehead atoms. The van der Waals surface area contributed by atoms with E-state index in [0.717, 1.165) is 48.5 Å². The van der Waals surface area contributed by atoms with Crippen molar-refractivity contribution < 1.29 is 13.6 Å². The fraction of sp³-hybridized carbons (Fsp3) is 0.321. The van der Waals surface area contributed by atoms with Gasteiger partial charge in [-0.15, -0.1) is 0 Å². The summed E-state index contributed by atoms with van der Waals surface area (Å²) in [6, 6.07) is 15.9. The number of carbonyl (C=O) groups excluding carboxylic acids is 1. The van der Waals surface area contributed by atoms with Gasteiger partial charge in [-0.1, -0.05) is 62.2 Å². The zero-order valence-corrected chi connectivity index (χ0v) is 19.7. The maximum Gasteiger partial charge on any atom is 0.166 e. The molecule has 0 fully saturated rings. The second kappa shape index (κ2) is 11.6. The second-order valence-electron chi connectivity index (χ2n) is 8.49. The van der Waals surface area contributed by atoms with Crippen LogP contribution in [0.2, 0.25) is 0 Å². The number of halogens is 2. The number of hydrogen-bond acceptors (Lipinski definition) is 2. The monoisotopic (exact) mass is 450 g/mol. The number of ketones is 1. The first kappa shape index (κ1) is 24.4. The zero-order chi connectivity index (χ0) is 23.8. The number of benzene rings is 2. The van der Waals surface area contributed by atoms with Crippen LogP contribution < -0.4 is 4.90 Å². The number of anilines is 1. The van der Waals surface area contributed by atoms with Crippen LogP contribution in [0.3, 0.4) is 0 Å². The lowest BCUT2D eigenvalue weighted by molar-refractivity contribution is 0.0983. The van der Waals surface area contributed by atoms with Crippen LogP contribution in [-0.4, -0.2) is 24.4 Å². The lowest BCUT2D eigenvalue weighted by atomic mass is 10.0. The first-order chi connectivity index (χ1) is 15.9. The van der Waals surface area contributed by atoms with Gasteiger partial charge in [0.05, 0.1) is 5.56 Å². The molecule has 1 heterocycles. The summed E-state index contributed by atoms with van der Waals surface area (Å²) in [5, 5.41) is 0. The van der Waals surface area contributed by atoms with Gasteiger partial charge in [0.15, 0.2) is 17.4 Å². The van der Waals surface area contributed by atoms with E-state index in [1.54, 1.807) is 0 Å². The summed E-state index contributed by atoms with van der Waals surface area (Å²) >= 11 is 0. The van der Waals surface area contributed by atoms with Gasteiger partial charge in [-0.3, -0.25) is 4.79 Å². The first-order valence-electron chi connectivity index (χ1n) is 11.5. The van der Waals surface area contributed by atoms with Gasteiger partial charge in [-0.25, -0.2) is 8.78 Å². The zero-order valence-electron chi connectivity index (χ0n) is 19.7. The summed E-state index contributed by atoms with van der Waals surface area (Å²) in [6.07, 6.45) is 8.08. The predicted octanol–water partition coefficient (Wildman–Crippen LogP) is 6.90. The van der Waals surface area contributed by atoms with Crippen molar-refractivity contribution in [2.45, 2.75) is 45.6 Å². The molecule has 5 heteroatoms. The molecule has 3 aromatic rings. The van der Waals surface area contributed by atoms with E-state index in [0.29, 0.717) is 24.1 Å². The van der Waals surface area contributed by atoms with Crippen LogP contribution in [0.15, 0.2) is 60.7 Å². The quantitative estimate of drug-likeness (QED) is 0.234. The molecule has 0 radical (unpaired) electrons. The predicted molar refractivity (Wildman–Crippen MR) is 132 cm³/mol. The van der Waals surface area contributed by atoms with Crippen LogP contribution in [0.5, 0.6) is 0 Å². The Morgan fingerprint density at radius 1 is 1.00 bits per heavy atom. The van der Waals surface area contributed by atoms with E-state index in [1.165, 1.54) is 6.07 Å². The summed E-state index contributed by atoms with van der Waals surface area (Å²) in [7, 11) is 3.88. The third-order valence-corrected chi connectivity index (χ3v) is 5.65. The lowest BCUT2D eigenvalue weighted by Crippen LogP contribution is -2.18. The molecule has 0 aliphatic carbocycles. The molecule has 0 saturated heterocycles. The molecule has 0 N–H and O–H groups in total. The molecular weight excluding hydrogens is 418 g/mol. The highest BCUT2D eigenvalue weighted by Gasteiger charge is 2.21. The SMILES string of the molecule is CCCC/C=C/c1cc(C(=O)CCc2ccc(F)c(F)c2)c(N(C)C)n1Cc1ccccc1. The van der Waals surface area contributed by atoms with E-state index < -0.39 is 11.6 Å². The number of rotatable bonds is 11. The van der Waals surface area contributed by atoms with Crippen LogP contribution in [0, 0.1) is 11.6 Å². The molecule has 0 amide bonds. The van der Waals surface area contributed by atoms with Crippen LogP contribution >= 0.6 is 0 Å². The normalized spacial score (nSPS) is 11.3. The van der Waals surface area contributed by atoms with Gasteiger partial charge in [0.1, 0.15) is 5.82 Å². The minimum Gasteiger partial charge on any atom is -0.364 e. The van der Waals surface area contributed by atoms with Crippen molar-refractivity contribution >= 4 is 17.7 Å². The third kappa shape index (κ3) is 6.41. The third-order valence-electron chi connectivity index (χ3n) is 5.65. The number of unbranched alkanes of at least 4 members (excludes halogenated alkanes) is 2. The second-order valence-corrected chi connectivity index (χ2v) is 8.49. The molecule has 0 saturated carbocycles. The Hall–Kier alpha value is -3.21. The van der Waals surface area contributed by atoms with Gasteiger partial charge in [-0.2, -0.15) is 0 Å². The van der Waals surface area contributed by atoms with Crippen molar-refractivity contribution in [1.82, 2.24) is 4.57 Å². The summed E-state index contributed by atoms with van der Waals surface area (Å²) in [6.45, 7) is 2.82. The van der Waals surface area contributed by atoms with E-state index in [-0.39, 0.29) is 12.2 Å². The van der Waals surface area contributed by atoms with Crippen LogP contribution in [0.1, 0.15) is 59.8 Å². The number of aromatic nitrogens is 1. The van der Waals surface area contributed by atoms with Gasteiger partial charge >= 0.3 is 0 Å². The Morgan fingerprint density at radius 3 is 2.42 bits per heavy atom. The van der Waals surface area contributed by atoms with Crippen molar-refractivity contribution in [2.75, 3.05) is 19.0 Å². The Kier molecular flexibility index (Phi) is 8.58. The number of hydrogen-bond donors (Lipinski definition) is 0. The van der Waals surface area contributed by atoms with Crippen molar-refractivity contribution in [3.05, 3.63) is 94.7 Å². The highest BCUT2D eigenvalue weighted by atomic mass is 19.2. The molecule has 174 valence electrons. The van der Waals surface area contributed by atoms with E-state index >= 15 is 0 Å². The number of aryl methyl sites for hydroxylation is 1.